The topological polar surface area (TPSA) is 466 Å². The number of H-pyrrole nitrogens is 1. The Morgan fingerprint density at radius 1 is 0.580 bits per heavy atom. The molecule has 3 aromatic carbocycles. The van der Waals surface area contributed by atoms with Gasteiger partial charge in [0.15, 0.2) is 0 Å². The number of aromatic amines is 1. The normalized spacial score (nSPS) is 21.9. The minimum atomic E-state index is -1.74. The number of fused-ring (bicyclic) bond motifs is 1. The highest BCUT2D eigenvalue weighted by molar-refractivity contribution is 5.98. The lowest BCUT2D eigenvalue weighted by molar-refractivity contribution is -0.140. The van der Waals surface area contributed by atoms with Crippen molar-refractivity contribution in [3.8, 4) is 5.75 Å². The first kappa shape index (κ1) is 79.8. The van der Waals surface area contributed by atoms with E-state index >= 15 is 19.2 Å². The first-order valence-corrected chi connectivity index (χ1v) is 33.7. The van der Waals surface area contributed by atoms with Crippen molar-refractivity contribution < 1.29 is 88.5 Å². The number of nitrogens with zero attached hydrogens (tertiary/aromatic N) is 4. The van der Waals surface area contributed by atoms with Gasteiger partial charge < -0.3 is 88.6 Å². The molecule has 100 heavy (non-hydrogen) atoms. The zero-order valence-electron chi connectivity index (χ0n) is 56.7. The SMILES string of the molecule is CNCCCC[C@@H]1NC(=O)[C@@H](Cc2c[nH]c3ccccc23)NC(=O)[C@H](Cc2ccc(O)cc2)NC(=O)[C@@H](NC(=O)[C@@H](Cc2ccccc2)NC(=O)CN2CCN(CC(=O)O)CCN(CC(=O)O)CCN(CC(=O)O)CC2)CCCC[C@@H](C(=O)N[C@H](CO)[C@@H](C)O)NC(=O)[C@H]([C@@H](C)O)NC1=O. The molecular formula is C68H98N14O18. The van der Waals surface area contributed by atoms with Gasteiger partial charge in [-0.05, 0) is 94.4 Å². The first-order valence-electron chi connectivity index (χ1n) is 33.7. The number of aliphatic hydroxyl groups is 3. The maximum absolute atomic E-state index is 15.3. The molecule has 2 aliphatic rings. The van der Waals surface area contributed by atoms with Crippen molar-refractivity contribution in [2.75, 3.05) is 98.7 Å². The van der Waals surface area contributed by atoms with Gasteiger partial charge in [-0.25, -0.2) is 0 Å². The molecule has 10 atom stereocenters. The van der Waals surface area contributed by atoms with E-state index in [9.17, 15) is 69.3 Å². The molecule has 0 radical (unpaired) electrons. The number of phenolic OH excluding ortho intramolecular Hbond substituents is 1. The molecule has 0 aliphatic carbocycles. The number of amides is 8. The lowest BCUT2D eigenvalue weighted by Gasteiger charge is -2.33. The maximum Gasteiger partial charge on any atom is 0.317 e. The van der Waals surface area contributed by atoms with E-state index in [1.54, 1.807) is 81.4 Å². The van der Waals surface area contributed by atoms with Gasteiger partial charge in [-0.2, -0.15) is 0 Å². The molecule has 0 bridgehead atoms. The Bertz CT molecular complexity index is 3330. The average molecular weight is 1400 g/mol. The Morgan fingerprint density at radius 2 is 1.11 bits per heavy atom. The van der Waals surface area contributed by atoms with Gasteiger partial charge in [-0.3, -0.25) is 72.3 Å². The summed E-state index contributed by atoms with van der Waals surface area (Å²) in [6.07, 6.45) is -1.44. The monoisotopic (exact) mass is 1400 g/mol. The zero-order valence-corrected chi connectivity index (χ0v) is 56.7. The van der Waals surface area contributed by atoms with Gasteiger partial charge in [0.05, 0.1) is 51.0 Å². The number of aliphatic carboxylic acids is 3. The van der Waals surface area contributed by atoms with Crippen LogP contribution >= 0.6 is 0 Å². The summed E-state index contributed by atoms with van der Waals surface area (Å²) in [7, 11) is 1.73. The van der Waals surface area contributed by atoms with Crippen LogP contribution in [0.4, 0.5) is 0 Å². The van der Waals surface area contributed by atoms with Crippen molar-refractivity contribution in [2.24, 2.45) is 0 Å². The van der Waals surface area contributed by atoms with Crippen molar-refractivity contribution in [3.05, 3.63) is 102 Å². The number of nitrogens with one attached hydrogen (secondary N) is 10. The van der Waals surface area contributed by atoms with Crippen LogP contribution < -0.4 is 47.9 Å². The Labute approximate surface area is 579 Å². The van der Waals surface area contributed by atoms with Crippen LogP contribution in [0.5, 0.6) is 5.75 Å². The number of hydrogen-bond donors (Lipinski definition) is 17. The molecule has 32 heteroatoms. The number of carboxylic acids is 3. The van der Waals surface area contributed by atoms with Crippen LogP contribution in [-0.4, -0.2) is 285 Å². The number of aliphatic hydroxyl groups excluding tert-OH is 3. The number of benzene rings is 3. The Kier molecular flexibility index (Phi) is 32.6. The lowest BCUT2D eigenvalue weighted by atomic mass is 9.99. The molecule has 17 N–H and O–H groups in total. The average Bonchev–Trinajstić information content (AvgIpc) is 1.61. The van der Waals surface area contributed by atoms with Crippen molar-refractivity contribution >= 4 is 76.1 Å². The van der Waals surface area contributed by atoms with E-state index in [1.807, 2.05) is 6.07 Å². The van der Waals surface area contributed by atoms with E-state index < -0.39 is 152 Å². The summed E-state index contributed by atoms with van der Waals surface area (Å²) in [5, 5.41) is 96.7. The fourth-order valence-corrected chi connectivity index (χ4v) is 11.9. The first-order chi connectivity index (χ1) is 47.8. The Morgan fingerprint density at radius 3 is 1.67 bits per heavy atom. The second kappa shape index (κ2) is 40.8. The highest BCUT2D eigenvalue weighted by atomic mass is 16.4. The molecule has 548 valence electrons. The molecule has 0 saturated carbocycles. The fourth-order valence-electron chi connectivity index (χ4n) is 11.9. The number of phenols is 1. The summed E-state index contributed by atoms with van der Waals surface area (Å²) in [5.41, 5.74) is 2.26. The number of rotatable bonds is 27. The van der Waals surface area contributed by atoms with Gasteiger partial charge in [0.25, 0.3) is 0 Å². The number of aromatic nitrogens is 1. The summed E-state index contributed by atoms with van der Waals surface area (Å²) >= 11 is 0. The highest BCUT2D eigenvalue weighted by Crippen LogP contribution is 2.21. The Balaban J connectivity index is 1.40. The van der Waals surface area contributed by atoms with Gasteiger partial charge in [-0.1, -0.05) is 73.5 Å². The van der Waals surface area contributed by atoms with E-state index in [4.69, 9.17) is 0 Å². The predicted octanol–water partition coefficient (Wildman–Crippen LogP) is -3.03. The number of para-hydroxylation sites is 1. The second-order valence-corrected chi connectivity index (χ2v) is 25.5. The number of unbranched alkanes of at least 4 members (excludes halogenated alkanes) is 1. The summed E-state index contributed by atoms with van der Waals surface area (Å²) in [4.78, 5) is 164. The molecular weight excluding hydrogens is 1300 g/mol. The van der Waals surface area contributed by atoms with E-state index in [1.165, 1.54) is 38.1 Å². The molecule has 0 spiro atoms. The van der Waals surface area contributed by atoms with Gasteiger partial charge in [0, 0.05) is 88.7 Å². The standard InChI is InChI=1S/C68H98N14O18/c1-42(84)56(41-83)77-63(95)51-18-10-9-17-50(72-65(97)53(33-44-13-5-4-6-14-44)71-57(87)37-79-25-27-80(38-58(88)89)29-31-82(40-60(92)93)32-30-81(28-26-79)39-59(90)91)62(94)75-54(34-45-20-22-47(86)23-21-45)66(98)76-55(35-46-36-70-49-16-8-7-15-48(46)49)67(99)73-52(19-11-12-24-69-3)64(96)78-61(43(2)85)68(100)74-51/h4-8,13-16,20-23,36,42-43,50-56,61,69-70,83-86H,9-12,17-19,24-35,37-41H2,1-3H3,(H,71,87)(H,72,97)(H,73,99)(H,74,100)(H,75,94)(H,76,98)(H,77,95)(H,78,96)(H,88,89)(H,90,91)(H,92,93)/t42-,43-,50+,51+,52+,53-,54+,55-,56-,61+/m1/s1. The molecule has 3 heterocycles. The number of carbonyl (C=O) groups excluding carboxylic acids is 8. The zero-order chi connectivity index (χ0) is 72.8. The minimum Gasteiger partial charge on any atom is -0.508 e. The molecule has 0 unspecified atom stereocenters. The van der Waals surface area contributed by atoms with Crippen molar-refractivity contribution in [1.82, 2.24) is 72.4 Å². The van der Waals surface area contributed by atoms with E-state index in [0.29, 0.717) is 47.0 Å². The summed E-state index contributed by atoms with van der Waals surface area (Å²) in [5.74, 6) is -10.7. The van der Waals surface area contributed by atoms with Crippen LogP contribution in [0.25, 0.3) is 10.9 Å². The third-order valence-corrected chi connectivity index (χ3v) is 17.5. The van der Waals surface area contributed by atoms with Gasteiger partial charge in [0.2, 0.25) is 47.3 Å². The molecule has 1 aromatic heterocycles. The fraction of sp³-hybridized carbons (Fsp3) is 0.544. The van der Waals surface area contributed by atoms with E-state index in [0.717, 1.165) is 0 Å². The second-order valence-electron chi connectivity index (χ2n) is 25.5. The molecule has 6 rings (SSSR count). The summed E-state index contributed by atoms with van der Waals surface area (Å²) in [6, 6.07) is 9.62. The Hall–Kier alpha value is -9.15. The van der Waals surface area contributed by atoms with Crippen molar-refractivity contribution in [3.63, 3.8) is 0 Å². The summed E-state index contributed by atoms with van der Waals surface area (Å²) < 4.78 is 0. The lowest BCUT2D eigenvalue weighted by Crippen LogP contribution is -2.62. The van der Waals surface area contributed by atoms with Crippen LogP contribution in [0.3, 0.4) is 0 Å². The number of aromatic hydroxyl groups is 1. The molecule has 2 fully saturated rings. The number of carbonyl (C=O) groups is 11. The van der Waals surface area contributed by atoms with Gasteiger partial charge in [0.1, 0.15) is 48.0 Å². The minimum absolute atomic E-state index is 0.00181. The van der Waals surface area contributed by atoms with Crippen LogP contribution in [0.15, 0.2) is 85.1 Å². The van der Waals surface area contributed by atoms with Gasteiger partial charge in [-0.15, -0.1) is 0 Å². The van der Waals surface area contributed by atoms with E-state index in [-0.39, 0.29) is 116 Å². The number of hydrogen-bond acceptors (Lipinski definition) is 20. The predicted molar refractivity (Wildman–Crippen MR) is 365 cm³/mol. The molecule has 4 aromatic rings. The largest absolute Gasteiger partial charge is 0.508 e. The molecule has 32 nitrogen and oxygen atoms in total. The molecule has 8 amide bonds. The van der Waals surface area contributed by atoms with Gasteiger partial charge >= 0.3 is 17.9 Å². The van der Waals surface area contributed by atoms with Crippen molar-refractivity contribution in [1.29, 1.82) is 0 Å². The van der Waals surface area contributed by atoms with Crippen LogP contribution in [0, 0.1) is 0 Å². The van der Waals surface area contributed by atoms with E-state index in [2.05, 4.69) is 52.8 Å². The smallest absolute Gasteiger partial charge is 0.317 e. The summed E-state index contributed by atoms with van der Waals surface area (Å²) in [6.45, 7) is 1.52. The van der Waals surface area contributed by atoms with Crippen LogP contribution in [-0.2, 0) is 72.0 Å². The maximum atomic E-state index is 15.3. The quantitative estimate of drug-likeness (QED) is 0.0264. The third kappa shape index (κ3) is 26.8. The highest BCUT2D eigenvalue weighted by Gasteiger charge is 2.37. The van der Waals surface area contributed by atoms with Crippen LogP contribution in [0.1, 0.15) is 75.5 Å². The number of carboxylic acid groups (broad SMARTS) is 3. The van der Waals surface area contributed by atoms with Crippen LogP contribution in [0.2, 0.25) is 0 Å². The van der Waals surface area contributed by atoms with Crippen molar-refractivity contribution in [2.45, 2.75) is 139 Å². The third-order valence-electron chi connectivity index (χ3n) is 17.5. The molecule has 2 aliphatic heterocycles. The molecule has 2 saturated heterocycles.